The molecular formula is C14H21N3O3. The van der Waals surface area contributed by atoms with Crippen LogP contribution in [0.4, 0.5) is 0 Å². The highest BCUT2D eigenvalue weighted by Crippen LogP contribution is 2.18. The van der Waals surface area contributed by atoms with Crippen LogP contribution in [0, 0.1) is 12.8 Å². The molecule has 2 atom stereocenters. The molecule has 1 saturated heterocycles. The zero-order valence-electron chi connectivity index (χ0n) is 11.8. The second kappa shape index (κ2) is 6.19. The molecule has 1 aliphatic rings. The van der Waals surface area contributed by atoms with Crippen molar-refractivity contribution in [1.82, 2.24) is 15.2 Å². The minimum atomic E-state index is -0.450. The summed E-state index contributed by atoms with van der Waals surface area (Å²) >= 11 is 0. The predicted octanol–water partition coefficient (Wildman–Crippen LogP) is -0.388. The summed E-state index contributed by atoms with van der Waals surface area (Å²) in [5.74, 6) is -0.166. The van der Waals surface area contributed by atoms with Gasteiger partial charge < -0.3 is 20.3 Å². The largest absolute Gasteiger partial charge is 0.391 e. The summed E-state index contributed by atoms with van der Waals surface area (Å²) in [7, 11) is 1.92. The van der Waals surface area contributed by atoms with Gasteiger partial charge in [0.2, 0.25) is 5.91 Å². The van der Waals surface area contributed by atoms with Gasteiger partial charge in [0.15, 0.2) is 0 Å². The molecule has 0 bridgehead atoms. The third-order valence-electron chi connectivity index (χ3n) is 3.65. The molecule has 2 rings (SSSR count). The number of nitrogens with one attached hydrogen (secondary N) is 2. The Morgan fingerprint density at radius 2 is 2.25 bits per heavy atom. The van der Waals surface area contributed by atoms with Gasteiger partial charge in [-0.3, -0.25) is 9.59 Å². The Hall–Kier alpha value is -1.66. The molecule has 0 saturated carbocycles. The summed E-state index contributed by atoms with van der Waals surface area (Å²) in [6, 6.07) is 3.52. The van der Waals surface area contributed by atoms with Gasteiger partial charge >= 0.3 is 0 Å². The van der Waals surface area contributed by atoms with E-state index in [1.165, 1.54) is 0 Å². The molecule has 6 nitrogen and oxygen atoms in total. The maximum absolute atomic E-state index is 11.8. The third-order valence-corrected chi connectivity index (χ3v) is 3.65. The zero-order valence-corrected chi connectivity index (χ0v) is 11.8. The Morgan fingerprint density at radius 1 is 1.50 bits per heavy atom. The van der Waals surface area contributed by atoms with Gasteiger partial charge in [0.25, 0.3) is 5.56 Å². The predicted molar refractivity (Wildman–Crippen MR) is 75.3 cm³/mol. The van der Waals surface area contributed by atoms with Crippen LogP contribution in [0.2, 0.25) is 0 Å². The molecule has 1 fully saturated rings. The van der Waals surface area contributed by atoms with Gasteiger partial charge in [0.05, 0.1) is 6.10 Å². The van der Waals surface area contributed by atoms with Crippen molar-refractivity contribution < 1.29 is 9.90 Å². The number of likely N-dealkylation sites (N-methyl/N-ethyl adjacent to an activating group) is 1. The number of aromatic amines is 1. The third kappa shape index (κ3) is 3.68. The van der Waals surface area contributed by atoms with E-state index in [0.717, 1.165) is 12.2 Å². The quantitative estimate of drug-likeness (QED) is 0.701. The van der Waals surface area contributed by atoms with Crippen LogP contribution in [0.15, 0.2) is 16.9 Å². The molecular weight excluding hydrogens is 258 g/mol. The Bertz CT molecular complexity index is 541. The number of nitrogens with zero attached hydrogens (tertiary/aromatic N) is 1. The van der Waals surface area contributed by atoms with Crippen LogP contribution in [-0.4, -0.2) is 47.1 Å². The fourth-order valence-electron chi connectivity index (χ4n) is 2.51. The molecule has 6 heteroatoms. The average Bonchev–Trinajstić information content (AvgIpc) is 2.66. The molecule has 3 N–H and O–H groups in total. The summed E-state index contributed by atoms with van der Waals surface area (Å²) in [4.78, 5) is 28.2. The molecule has 2 heterocycles. The Kier molecular flexibility index (Phi) is 4.57. The lowest BCUT2D eigenvalue weighted by molar-refractivity contribution is -0.122. The minimum Gasteiger partial charge on any atom is -0.391 e. The van der Waals surface area contributed by atoms with Crippen LogP contribution in [0.25, 0.3) is 0 Å². The number of carbonyl (C=O) groups excluding carboxylic acids is 1. The van der Waals surface area contributed by atoms with Crippen LogP contribution >= 0.6 is 0 Å². The monoisotopic (exact) mass is 279 g/mol. The van der Waals surface area contributed by atoms with E-state index in [1.54, 1.807) is 12.1 Å². The highest BCUT2D eigenvalue weighted by molar-refractivity contribution is 5.76. The number of aliphatic hydroxyl groups excluding tert-OH is 1. The summed E-state index contributed by atoms with van der Waals surface area (Å²) < 4.78 is 0. The van der Waals surface area contributed by atoms with Crippen molar-refractivity contribution in [2.75, 3.05) is 20.1 Å². The second-order valence-electron chi connectivity index (χ2n) is 5.53. The van der Waals surface area contributed by atoms with E-state index in [-0.39, 0.29) is 30.3 Å². The summed E-state index contributed by atoms with van der Waals surface area (Å²) in [6.45, 7) is 3.35. The number of β-amino-alcohol motifs (C(OH)–C–C–N with tert-alkyl or cyclic N) is 1. The highest BCUT2D eigenvalue weighted by Gasteiger charge is 2.30. The highest BCUT2D eigenvalue weighted by atomic mass is 16.3. The lowest BCUT2D eigenvalue weighted by Gasteiger charge is -2.13. The van der Waals surface area contributed by atoms with E-state index in [2.05, 4.69) is 10.3 Å². The molecule has 0 aliphatic carbocycles. The van der Waals surface area contributed by atoms with Crippen molar-refractivity contribution in [1.29, 1.82) is 0 Å². The molecule has 110 valence electrons. The standard InChI is InChI=1S/C14H21N3O3/c1-9-3-4-10(14(20)16-9)6-15-13(19)5-11-7-17(2)8-12(11)18/h3-4,11-12,18H,5-8H2,1-2H3,(H,15,19)(H,16,20)/t11-,12-/m1/s1. The minimum absolute atomic E-state index is 0.0312. The second-order valence-corrected chi connectivity index (χ2v) is 5.53. The Morgan fingerprint density at radius 3 is 2.85 bits per heavy atom. The van der Waals surface area contributed by atoms with Gasteiger partial charge in [-0.05, 0) is 20.0 Å². The van der Waals surface area contributed by atoms with Crippen LogP contribution in [0.5, 0.6) is 0 Å². The number of pyridine rings is 1. The van der Waals surface area contributed by atoms with E-state index in [9.17, 15) is 14.7 Å². The van der Waals surface area contributed by atoms with Gasteiger partial charge in [-0.2, -0.15) is 0 Å². The number of hydrogen-bond acceptors (Lipinski definition) is 4. The van der Waals surface area contributed by atoms with Gasteiger partial charge in [-0.15, -0.1) is 0 Å². The van der Waals surface area contributed by atoms with Gasteiger partial charge in [-0.1, -0.05) is 6.07 Å². The first kappa shape index (κ1) is 14.7. The first-order valence-corrected chi connectivity index (χ1v) is 6.78. The molecule has 1 aromatic rings. The van der Waals surface area contributed by atoms with Crippen molar-refractivity contribution in [3.05, 3.63) is 33.7 Å². The smallest absolute Gasteiger partial charge is 0.253 e. The van der Waals surface area contributed by atoms with Crippen molar-refractivity contribution >= 4 is 5.91 Å². The molecule has 0 aromatic carbocycles. The van der Waals surface area contributed by atoms with Crippen LogP contribution in [-0.2, 0) is 11.3 Å². The maximum atomic E-state index is 11.8. The van der Waals surface area contributed by atoms with Crippen LogP contribution in [0.1, 0.15) is 17.7 Å². The fraction of sp³-hybridized carbons (Fsp3) is 0.571. The van der Waals surface area contributed by atoms with Crippen molar-refractivity contribution in [2.45, 2.75) is 26.0 Å². The number of aliphatic hydroxyl groups is 1. The van der Waals surface area contributed by atoms with E-state index in [0.29, 0.717) is 12.1 Å². The molecule has 1 aliphatic heterocycles. The molecule has 0 unspecified atom stereocenters. The summed E-state index contributed by atoms with van der Waals surface area (Å²) in [5.41, 5.74) is 1.15. The molecule has 20 heavy (non-hydrogen) atoms. The number of carbonyl (C=O) groups is 1. The van der Waals surface area contributed by atoms with Gasteiger partial charge in [0, 0.05) is 43.2 Å². The molecule has 1 amide bonds. The average molecular weight is 279 g/mol. The van der Waals surface area contributed by atoms with E-state index in [4.69, 9.17) is 0 Å². The lowest BCUT2D eigenvalue weighted by Crippen LogP contribution is -2.31. The fourth-order valence-corrected chi connectivity index (χ4v) is 2.51. The topological polar surface area (TPSA) is 85.4 Å². The van der Waals surface area contributed by atoms with E-state index < -0.39 is 6.10 Å². The van der Waals surface area contributed by atoms with E-state index >= 15 is 0 Å². The Labute approximate surface area is 117 Å². The number of rotatable bonds is 4. The number of H-pyrrole nitrogens is 1. The molecule has 0 spiro atoms. The van der Waals surface area contributed by atoms with Gasteiger partial charge in [0.1, 0.15) is 0 Å². The van der Waals surface area contributed by atoms with Crippen molar-refractivity contribution in [3.8, 4) is 0 Å². The summed E-state index contributed by atoms with van der Waals surface area (Å²) in [5, 5.41) is 12.5. The maximum Gasteiger partial charge on any atom is 0.253 e. The number of aryl methyl sites for hydroxylation is 1. The van der Waals surface area contributed by atoms with E-state index in [1.807, 2.05) is 18.9 Å². The molecule has 1 aromatic heterocycles. The van der Waals surface area contributed by atoms with Crippen LogP contribution in [0.3, 0.4) is 0 Å². The summed E-state index contributed by atoms with van der Waals surface area (Å²) in [6.07, 6.45) is -0.163. The first-order chi connectivity index (χ1) is 9.45. The Balaban J connectivity index is 1.85. The first-order valence-electron chi connectivity index (χ1n) is 6.78. The number of hydrogen-bond donors (Lipinski definition) is 3. The van der Waals surface area contributed by atoms with Gasteiger partial charge in [-0.25, -0.2) is 0 Å². The zero-order chi connectivity index (χ0) is 14.7. The lowest BCUT2D eigenvalue weighted by atomic mass is 10.0. The van der Waals surface area contributed by atoms with Crippen molar-refractivity contribution in [3.63, 3.8) is 0 Å². The normalized spacial score (nSPS) is 22.9. The van der Waals surface area contributed by atoms with Crippen LogP contribution < -0.4 is 10.9 Å². The number of aromatic nitrogens is 1. The number of amides is 1. The molecule has 0 radical (unpaired) electrons. The number of likely N-dealkylation sites (tertiary alicyclic amines) is 1. The van der Waals surface area contributed by atoms with Crippen molar-refractivity contribution in [2.24, 2.45) is 5.92 Å². The SMILES string of the molecule is Cc1ccc(CNC(=O)C[C@@H]2CN(C)C[C@H]2O)c(=O)[nH]1.